The van der Waals surface area contributed by atoms with Gasteiger partial charge in [0.05, 0.1) is 17.2 Å². The number of anilines is 1. The van der Waals surface area contributed by atoms with Crippen molar-refractivity contribution in [1.82, 2.24) is 4.98 Å². The lowest BCUT2D eigenvalue weighted by Crippen LogP contribution is -1.99. The molecule has 2 N–H and O–H groups in total. The summed E-state index contributed by atoms with van der Waals surface area (Å²) >= 11 is 1.46. The van der Waals surface area contributed by atoms with E-state index in [0.717, 1.165) is 54.9 Å². The summed E-state index contributed by atoms with van der Waals surface area (Å²) in [5.41, 5.74) is 7.90. The summed E-state index contributed by atoms with van der Waals surface area (Å²) < 4.78 is 19.8. The summed E-state index contributed by atoms with van der Waals surface area (Å²) in [6.45, 7) is 9.83. The average molecular weight is 397 g/mol. The van der Waals surface area contributed by atoms with Crippen LogP contribution in [0.4, 0.5) is 9.52 Å². The van der Waals surface area contributed by atoms with Crippen molar-refractivity contribution < 1.29 is 9.13 Å². The van der Waals surface area contributed by atoms with Crippen molar-refractivity contribution in [3.8, 4) is 0 Å². The lowest BCUT2D eigenvalue weighted by Gasteiger charge is -2.11. The van der Waals surface area contributed by atoms with E-state index in [0.29, 0.717) is 24.1 Å². The molecule has 1 aromatic heterocycles. The third-order valence-corrected chi connectivity index (χ3v) is 5.51. The first kappa shape index (κ1) is 23.8. The molecule has 0 aliphatic rings. The van der Waals surface area contributed by atoms with Gasteiger partial charge in [-0.3, -0.25) is 0 Å². The minimum absolute atomic E-state index is 0.121. The molecule has 5 heteroatoms. The zero-order chi connectivity index (χ0) is 20.1. The Kier molecular flexibility index (Phi) is 12.3. The molecule has 1 aromatic rings. The smallest absolute Gasteiger partial charge is 0.180 e. The lowest BCUT2D eigenvalue weighted by atomic mass is 9.97. The zero-order valence-corrected chi connectivity index (χ0v) is 18.3. The maximum Gasteiger partial charge on any atom is 0.180 e. The Hall–Kier alpha value is -1.20. The third-order valence-electron chi connectivity index (χ3n) is 4.56. The van der Waals surface area contributed by atoms with Crippen LogP contribution >= 0.6 is 11.3 Å². The third kappa shape index (κ3) is 9.02. The fourth-order valence-corrected chi connectivity index (χ4v) is 3.84. The van der Waals surface area contributed by atoms with Crippen LogP contribution in [0.3, 0.4) is 0 Å². The molecule has 0 bridgehead atoms. The molecule has 0 aliphatic carbocycles. The first-order chi connectivity index (χ1) is 13.0. The highest BCUT2D eigenvalue weighted by molar-refractivity contribution is 7.16. The van der Waals surface area contributed by atoms with Crippen LogP contribution in [0.15, 0.2) is 18.0 Å². The molecule has 0 radical (unpaired) electrons. The van der Waals surface area contributed by atoms with Crippen molar-refractivity contribution in [2.24, 2.45) is 0 Å². The number of aromatic nitrogens is 1. The quantitative estimate of drug-likeness (QED) is 0.266. The van der Waals surface area contributed by atoms with Crippen LogP contribution in [0.1, 0.15) is 95.6 Å². The van der Waals surface area contributed by atoms with Crippen LogP contribution in [-0.4, -0.2) is 18.2 Å². The number of halogens is 1. The second-order valence-electron chi connectivity index (χ2n) is 7.02. The van der Waals surface area contributed by atoms with E-state index >= 15 is 0 Å². The summed E-state index contributed by atoms with van der Waals surface area (Å²) in [4.78, 5) is 5.57. The molecule has 0 spiro atoms. The van der Waals surface area contributed by atoms with Crippen molar-refractivity contribution in [1.29, 1.82) is 0 Å². The van der Waals surface area contributed by atoms with Gasteiger partial charge in [-0.05, 0) is 43.3 Å². The molecule has 0 aliphatic heterocycles. The van der Waals surface area contributed by atoms with E-state index in [4.69, 9.17) is 10.5 Å². The standard InChI is InChI=1S/C22H37FN2OS/c1-5-8-10-14-26-15-11-13-18(16-19(23)7-3)21-20(25-22(24)27-21)17(4)12-9-6-2/h13,16-17H,5-12,14-15H2,1-4H3,(H2,24,25)/b18-13+,19-16+. The first-order valence-electron chi connectivity index (χ1n) is 10.4. The van der Waals surface area contributed by atoms with E-state index < -0.39 is 0 Å². The van der Waals surface area contributed by atoms with E-state index in [9.17, 15) is 4.39 Å². The Balaban J connectivity index is 2.92. The minimum atomic E-state index is -0.121. The molecule has 27 heavy (non-hydrogen) atoms. The Morgan fingerprint density at radius 1 is 1.19 bits per heavy atom. The van der Waals surface area contributed by atoms with E-state index in [-0.39, 0.29) is 5.83 Å². The van der Waals surface area contributed by atoms with Crippen molar-refractivity contribution in [2.45, 2.75) is 85.0 Å². The fourth-order valence-electron chi connectivity index (χ4n) is 2.88. The molecule has 0 amide bonds. The predicted octanol–water partition coefficient (Wildman–Crippen LogP) is 7.26. The highest BCUT2D eigenvalue weighted by Gasteiger charge is 2.18. The van der Waals surface area contributed by atoms with Crippen LogP contribution in [0.2, 0.25) is 0 Å². The zero-order valence-electron chi connectivity index (χ0n) is 17.5. The predicted molar refractivity (Wildman–Crippen MR) is 117 cm³/mol. The highest BCUT2D eigenvalue weighted by Crippen LogP contribution is 2.36. The van der Waals surface area contributed by atoms with Gasteiger partial charge in [0, 0.05) is 6.61 Å². The van der Waals surface area contributed by atoms with Gasteiger partial charge in [0.15, 0.2) is 5.13 Å². The van der Waals surface area contributed by atoms with E-state index in [2.05, 4.69) is 31.8 Å². The lowest BCUT2D eigenvalue weighted by molar-refractivity contribution is 0.135. The molecule has 1 heterocycles. The molecule has 0 saturated heterocycles. The van der Waals surface area contributed by atoms with Crippen molar-refractivity contribution in [2.75, 3.05) is 18.9 Å². The maximum absolute atomic E-state index is 14.1. The minimum Gasteiger partial charge on any atom is -0.381 e. The first-order valence-corrected chi connectivity index (χ1v) is 11.3. The van der Waals surface area contributed by atoms with Gasteiger partial charge in [0.2, 0.25) is 0 Å². The number of allylic oxidation sites excluding steroid dienone is 3. The number of ether oxygens (including phenoxy) is 1. The van der Waals surface area contributed by atoms with Crippen LogP contribution in [0, 0.1) is 0 Å². The number of nitrogen functional groups attached to an aromatic ring is 1. The molecule has 0 saturated carbocycles. The SMILES string of the molecule is CCCCCOCC/C=C(\C=C(\F)CC)c1sc(N)nc1C(C)CCCC. The van der Waals surface area contributed by atoms with Gasteiger partial charge >= 0.3 is 0 Å². The summed E-state index contributed by atoms with van der Waals surface area (Å²) in [5, 5.41) is 0.551. The van der Waals surface area contributed by atoms with Gasteiger partial charge in [-0.2, -0.15) is 0 Å². The van der Waals surface area contributed by atoms with Crippen LogP contribution in [0.5, 0.6) is 0 Å². The summed E-state index contributed by atoms with van der Waals surface area (Å²) in [7, 11) is 0. The van der Waals surface area contributed by atoms with Crippen LogP contribution < -0.4 is 5.73 Å². The maximum atomic E-state index is 14.1. The van der Waals surface area contributed by atoms with E-state index in [1.165, 1.54) is 24.2 Å². The monoisotopic (exact) mass is 396 g/mol. The fraction of sp³-hybridized carbons (Fsp3) is 0.682. The molecule has 3 nitrogen and oxygen atoms in total. The Bertz CT molecular complexity index is 595. The van der Waals surface area contributed by atoms with Crippen molar-refractivity contribution >= 4 is 22.0 Å². The van der Waals surface area contributed by atoms with Gasteiger partial charge in [-0.15, -0.1) is 0 Å². The number of hydrogen-bond donors (Lipinski definition) is 1. The molecule has 1 unspecified atom stereocenters. The van der Waals surface area contributed by atoms with E-state index in [1.807, 2.05) is 6.92 Å². The number of nitrogens with two attached hydrogens (primary N) is 1. The molecule has 154 valence electrons. The summed E-state index contributed by atoms with van der Waals surface area (Å²) in [6.07, 6.45) is 11.7. The number of nitrogens with zero attached hydrogens (tertiary/aromatic N) is 1. The number of hydrogen-bond acceptors (Lipinski definition) is 4. The topological polar surface area (TPSA) is 48.1 Å². The number of rotatable bonds is 14. The second kappa shape index (κ2) is 13.9. The molecule has 0 aromatic carbocycles. The van der Waals surface area contributed by atoms with Crippen molar-refractivity contribution in [3.63, 3.8) is 0 Å². The second-order valence-corrected chi connectivity index (χ2v) is 8.05. The van der Waals surface area contributed by atoms with E-state index in [1.54, 1.807) is 6.08 Å². The average Bonchev–Trinajstić information content (AvgIpc) is 3.05. The summed E-state index contributed by atoms with van der Waals surface area (Å²) in [6, 6.07) is 0. The van der Waals surface area contributed by atoms with Crippen molar-refractivity contribution in [3.05, 3.63) is 28.5 Å². The normalized spacial score (nSPS) is 14.0. The van der Waals surface area contributed by atoms with Crippen LogP contribution in [-0.2, 0) is 4.74 Å². The van der Waals surface area contributed by atoms with Gasteiger partial charge < -0.3 is 10.5 Å². The van der Waals surface area contributed by atoms with Gasteiger partial charge in [0.25, 0.3) is 0 Å². The molecular weight excluding hydrogens is 359 g/mol. The highest BCUT2D eigenvalue weighted by atomic mass is 32.1. The van der Waals surface area contributed by atoms with Gasteiger partial charge in [0.1, 0.15) is 5.83 Å². The Morgan fingerprint density at radius 2 is 1.93 bits per heavy atom. The largest absolute Gasteiger partial charge is 0.381 e. The van der Waals surface area contributed by atoms with Gasteiger partial charge in [-0.1, -0.05) is 70.8 Å². The molecular formula is C22H37FN2OS. The summed E-state index contributed by atoms with van der Waals surface area (Å²) in [5.74, 6) is 0.199. The van der Waals surface area contributed by atoms with Gasteiger partial charge in [-0.25, -0.2) is 9.37 Å². The Labute approximate surface area is 168 Å². The Morgan fingerprint density at radius 3 is 2.59 bits per heavy atom. The molecule has 1 atom stereocenters. The number of unbranched alkanes of at least 4 members (excludes halogenated alkanes) is 3. The molecule has 1 rings (SSSR count). The molecule has 0 fully saturated rings. The van der Waals surface area contributed by atoms with Crippen LogP contribution in [0.25, 0.3) is 5.57 Å². The number of thiazole rings is 1.